The summed E-state index contributed by atoms with van der Waals surface area (Å²) in [5, 5.41) is 8.75. The van der Waals surface area contributed by atoms with Gasteiger partial charge in [0.2, 0.25) is 0 Å². The van der Waals surface area contributed by atoms with E-state index in [0.717, 1.165) is 23.8 Å². The zero-order valence-electron chi connectivity index (χ0n) is 13.6. The molecule has 4 bridgehead atoms. The average molecular weight is 312 g/mol. The van der Waals surface area contributed by atoms with Gasteiger partial charge in [-0.1, -0.05) is 12.1 Å². The Labute approximate surface area is 137 Å². The van der Waals surface area contributed by atoms with Crippen LogP contribution >= 0.6 is 0 Å². The lowest BCUT2D eigenvalue weighted by Gasteiger charge is -2.57. The minimum Gasteiger partial charge on any atom is -0.478 e. The number of ether oxygens (including phenoxy) is 1. The average Bonchev–Trinajstić information content (AvgIpc) is 2.45. The summed E-state index contributed by atoms with van der Waals surface area (Å²) < 4.78 is 5.58. The molecule has 5 rings (SSSR count). The lowest BCUT2D eigenvalue weighted by atomic mass is 9.48. The maximum absolute atomic E-state index is 10.7. The maximum Gasteiger partial charge on any atom is 0.331 e. The van der Waals surface area contributed by atoms with Gasteiger partial charge in [-0.15, -0.1) is 0 Å². The van der Waals surface area contributed by atoms with Crippen LogP contribution in [-0.2, 0) is 10.2 Å². The molecule has 3 heteroatoms. The fraction of sp³-hybridized carbons (Fsp3) is 0.550. The Bertz CT molecular complexity index is 606. The van der Waals surface area contributed by atoms with Gasteiger partial charge in [0.1, 0.15) is 11.5 Å². The smallest absolute Gasteiger partial charge is 0.331 e. The van der Waals surface area contributed by atoms with Crippen LogP contribution in [-0.4, -0.2) is 11.1 Å². The van der Waals surface area contributed by atoms with E-state index in [-0.39, 0.29) is 0 Å². The topological polar surface area (TPSA) is 46.5 Å². The summed E-state index contributed by atoms with van der Waals surface area (Å²) in [5.41, 5.74) is 1.86. The highest BCUT2D eigenvalue weighted by molar-refractivity contribution is 5.80. The molecule has 0 atom stereocenters. The molecule has 23 heavy (non-hydrogen) atoms. The predicted octanol–water partition coefficient (Wildman–Crippen LogP) is 4.52. The first-order chi connectivity index (χ1) is 11.0. The molecule has 3 nitrogen and oxygen atoms in total. The van der Waals surface area contributed by atoms with Crippen LogP contribution in [0.2, 0.25) is 0 Å². The minimum absolute atomic E-state index is 0.402. The molecule has 0 saturated heterocycles. The SMILES string of the molecule is CC(=CC(=O)O)Oc1ccc(C23CC4CC(CC(C4)C2)C3)cc1. The van der Waals surface area contributed by atoms with Crippen LogP contribution in [0.5, 0.6) is 5.75 Å². The van der Waals surface area contributed by atoms with Crippen LogP contribution < -0.4 is 4.74 Å². The van der Waals surface area contributed by atoms with Gasteiger partial charge in [-0.05, 0) is 86.3 Å². The summed E-state index contributed by atoms with van der Waals surface area (Å²) in [5.74, 6) is 2.97. The second-order valence-electron chi connectivity index (χ2n) is 7.92. The largest absolute Gasteiger partial charge is 0.478 e. The standard InChI is InChI=1S/C20H24O3/c1-13(6-19(21)22)23-18-4-2-17(3-5-18)20-10-14-7-15(11-20)9-16(8-14)12-20/h2-6,14-16H,7-12H2,1H3,(H,21,22). The molecule has 122 valence electrons. The Hall–Kier alpha value is -1.77. The minimum atomic E-state index is -0.979. The number of hydrogen-bond acceptors (Lipinski definition) is 2. The third kappa shape index (κ3) is 2.77. The summed E-state index contributed by atoms with van der Waals surface area (Å²) >= 11 is 0. The Morgan fingerprint density at radius 1 is 1.09 bits per heavy atom. The van der Waals surface area contributed by atoms with Crippen LogP contribution in [0.4, 0.5) is 0 Å². The Balaban J connectivity index is 1.53. The number of benzene rings is 1. The fourth-order valence-corrected chi connectivity index (χ4v) is 5.73. The Morgan fingerprint density at radius 3 is 2.09 bits per heavy atom. The van der Waals surface area contributed by atoms with E-state index in [0.29, 0.717) is 16.9 Å². The molecule has 1 aromatic carbocycles. The van der Waals surface area contributed by atoms with E-state index in [1.807, 2.05) is 12.1 Å². The molecule has 4 saturated carbocycles. The van der Waals surface area contributed by atoms with Crippen LogP contribution in [0.1, 0.15) is 51.0 Å². The molecule has 0 aromatic heterocycles. The second-order valence-corrected chi connectivity index (χ2v) is 7.92. The van der Waals surface area contributed by atoms with Gasteiger partial charge >= 0.3 is 5.97 Å². The second kappa shape index (κ2) is 5.40. The monoisotopic (exact) mass is 312 g/mol. The molecule has 1 N–H and O–H groups in total. The van der Waals surface area contributed by atoms with Crippen molar-refractivity contribution in [2.45, 2.75) is 50.9 Å². The Morgan fingerprint density at radius 2 is 1.61 bits per heavy atom. The molecular weight excluding hydrogens is 288 g/mol. The molecule has 0 radical (unpaired) electrons. The molecule has 0 amide bonds. The van der Waals surface area contributed by atoms with Crippen molar-refractivity contribution in [2.24, 2.45) is 17.8 Å². The third-order valence-electron chi connectivity index (χ3n) is 6.11. The lowest BCUT2D eigenvalue weighted by molar-refractivity contribution is -0.131. The third-order valence-corrected chi connectivity index (χ3v) is 6.11. The van der Waals surface area contributed by atoms with Gasteiger partial charge in [0.15, 0.2) is 0 Å². The van der Waals surface area contributed by atoms with Gasteiger partial charge < -0.3 is 9.84 Å². The lowest BCUT2D eigenvalue weighted by Crippen LogP contribution is -2.48. The quantitative estimate of drug-likeness (QED) is 0.656. The van der Waals surface area contributed by atoms with E-state index in [4.69, 9.17) is 9.84 Å². The van der Waals surface area contributed by atoms with Crippen molar-refractivity contribution in [3.05, 3.63) is 41.7 Å². The summed E-state index contributed by atoms with van der Waals surface area (Å²) in [6, 6.07) is 8.40. The van der Waals surface area contributed by atoms with Gasteiger partial charge in [0.05, 0.1) is 6.08 Å². The Kier molecular flexibility index (Phi) is 3.47. The van der Waals surface area contributed by atoms with E-state index in [1.165, 1.54) is 44.1 Å². The normalized spacial score (nSPS) is 35.3. The molecule has 1 aromatic rings. The van der Waals surface area contributed by atoms with Gasteiger partial charge in [-0.2, -0.15) is 0 Å². The number of rotatable bonds is 4. The van der Waals surface area contributed by atoms with Gasteiger partial charge in [-0.25, -0.2) is 4.79 Å². The van der Waals surface area contributed by atoms with E-state index in [1.54, 1.807) is 6.92 Å². The number of carboxylic acids is 1. The molecule has 4 fully saturated rings. The van der Waals surface area contributed by atoms with Crippen molar-refractivity contribution in [1.29, 1.82) is 0 Å². The highest BCUT2D eigenvalue weighted by Crippen LogP contribution is 2.60. The van der Waals surface area contributed by atoms with Crippen LogP contribution in [0, 0.1) is 17.8 Å². The van der Waals surface area contributed by atoms with Crippen molar-refractivity contribution in [1.82, 2.24) is 0 Å². The van der Waals surface area contributed by atoms with Crippen LogP contribution in [0.3, 0.4) is 0 Å². The van der Waals surface area contributed by atoms with Crippen molar-refractivity contribution < 1.29 is 14.6 Å². The van der Waals surface area contributed by atoms with Gasteiger partial charge in [-0.3, -0.25) is 0 Å². The van der Waals surface area contributed by atoms with Crippen molar-refractivity contribution in [2.75, 3.05) is 0 Å². The number of aliphatic carboxylic acids is 1. The van der Waals surface area contributed by atoms with E-state index in [9.17, 15) is 4.79 Å². The van der Waals surface area contributed by atoms with Crippen LogP contribution in [0.25, 0.3) is 0 Å². The molecular formula is C20H24O3. The van der Waals surface area contributed by atoms with E-state index < -0.39 is 5.97 Å². The molecule has 4 aliphatic carbocycles. The number of hydrogen-bond donors (Lipinski definition) is 1. The van der Waals surface area contributed by atoms with Crippen molar-refractivity contribution >= 4 is 5.97 Å². The molecule has 0 heterocycles. The molecule has 0 unspecified atom stereocenters. The van der Waals surface area contributed by atoms with E-state index in [2.05, 4.69) is 12.1 Å². The number of carbonyl (C=O) groups is 1. The van der Waals surface area contributed by atoms with Gasteiger partial charge in [0.25, 0.3) is 0 Å². The highest BCUT2D eigenvalue weighted by atomic mass is 16.5. The fourth-order valence-electron chi connectivity index (χ4n) is 5.73. The summed E-state index contributed by atoms with van der Waals surface area (Å²) in [4.78, 5) is 10.7. The zero-order valence-corrected chi connectivity index (χ0v) is 13.6. The zero-order chi connectivity index (χ0) is 16.0. The first kappa shape index (κ1) is 14.8. The number of carboxylic acid groups (broad SMARTS) is 1. The molecule has 4 aliphatic rings. The summed E-state index contributed by atoms with van der Waals surface area (Å²) in [7, 11) is 0. The van der Waals surface area contributed by atoms with Crippen molar-refractivity contribution in [3.8, 4) is 5.75 Å². The predicted molar refractivity (Wildman–Crippen MR) is 88.3 cm³/mol. The molecule has 0 spiro atoms. The maximum atomic E-state index is 10.7. The summed E-state index contributed by atoms with van der Waals surface area (Å²) in [6.07, 6.45) is 9.54. The first-order valence-electron chi connectivity index (χ1n) is 8.72. The van der Waals surface area contributed by atoms with Gasteiger partial charge in [0, 0.05) is 0 Å². The molecule has 0 aliphatic heterocycles. The first-order valence-corrected chi connectivity index (χ1v) is 8.72. The van der Waals surface area contributed by atoms with Crippen LogP contribution in [0.15, 0.2) is 36.1 Å². The number of allylic oxidation sites excluding steroid dienone is 1. The van der Waals surface area contributed by atoms with E-state index >= 15 is 0 Å². The van der Waals surface area contributed by atoms with Crippen molar-refractivity contribution in [3.63, 3.8) is 0 Å². The summed E-state index contributed by atoms with van der Waals surface area (Å²) in [6.45, 7) is 1.67. The highest BCUT2D eigenvalue weighted by Gasteiger charge is 2.51.